The van der Waals surface area contributed by atoms with Crippen molar-refractivity contribution in [1.29, 1.82) is 0 Å². The molecule has 0 aliphatic heterocycles. The molecule has 6 nitrogen and oxygen atoms in total. The van der Waals surface area contributed by atoms with Gasteiger partial charge in [0.2, 0.25) is 0 Å². The summed E-state index contributed by atoms with van der Waals surface area (Å²) in [7, 11) is 1.59. The number of carbonyl (C=O) groups excluding carboxylic acids is 1. The van der Waals surface area contributed by atoms with Crippen LogP contribution in [0.1, 0.15) is 15.9 Å². The van der Waals surface area contributed by atoms with Gasteiger partial charge in [-0.1, -0.05) is 29.5 Å². The van der Waals surface area contributed by atoms with E-state index in [9.17, 15) is 9.59 Å². The van der Waals surface area contributed by atoms with Crippen LogP contribution in [-0.4, -0.2) is 22.8 Å². The highest BCUT2D eigenvalue weighted by Crippen LogP contribution is 2.25. The van der Waals surface area contributed by atoms with Crippen molar-refractivity contribution in [3.05, 3.63) is 106 Å². The Morgan fingerprint density at radius 2 is 1.59 bits per heavy atom. The molecule has 0 fully saturated rings. The van der Waals surface area contributed by atoms with Gasteiger partial charge in [0, 0.05) is 22.2 Å². The molecule has 1 aromatic heterocycles. The van der Waals surface area contributed by atoms with Crippen LogP contribution in [0.5, 0.6) is 5.75 Å². The Labute approximate surface area is 189 Å². The fourth-order valence-corrected chi connectivity index (χ4v) is 3.76. The molecule has 0 atom stereocenters. The Balaban J connectivity index is 1.50. The van der Waals surface area contributed by atoms with E-state index < -0.39 is 0 Å². The molecule has 4 rings (SSSR count). The number of methoxy groups -OCH3 is 1. The van der Waals surface area contributed by atoms with Crippen LogP contribution < -0.4 is 15.6 Å². The number of nitrogens with zero attached hydrogens (tertiary/aromatic N) is 2. The SMILES string of the molecule is COc1ccc(NC(=O)c2ccc(-n3nc(Sc4ccc(C)cc4)ccc3=O)cc2)cc1. The summed E-state index contributed by atoms with van der Waals surface area (Å²) in [6.07, 6.45) is 0. The number of aromatic nitrogens is 2. The Morgan fingerprint density at radius 3 is 2.25 bits per heavy atom. The van der Waals surface area contributed by atoms with E-state index in [1.807, 2.05) is 31.2 Å². The quantitative estimate of drug-likeness (QED) is 0.456. The number of nitrogens with one attached hydrogen (secondary N) is 1. The van der Waals surface area contributed by atoms with Crippen LogP contribution in [0, 0.1) is 6.92 Å². The molecule has 1 amide bonds. The van der Waals surface area contributed by atoms with Crippen molar-refractivity contribution in [2.24, 2.45) is 0 Å². The van der Waals surface area contributed by atoms with Gasteiger partial charge in [-0.2, -0.15) is 9.78 Å². The summed E-state index contributed by atoms with van der Waals surface area (Å²) < 4.78 is 6.46. The molecule has 160 valence electrons. The molecule has 3 aromatic carbocycles. The number of rotatable bonds is 6. The maximum absolute atomic E-state index is 12.5. The minimum absolute atomic E-state index is 0.242. The predicted molar refractivity (Wildman–Crippen MR) is 126 cm³/mol. The fraction of sp³-hybridized carbons (Fsp3) is 0.0800. The zero-order valence-electron chi connectivity index (χ0n) is 17.6. The molecule has 7 heteroatoms. The van der Waals surface area contributed by atoms with E-state index in [1.54, 1.807) is 61.7 Å². The Kier molecular flexibility index (Phi) is 6.37. The third-order valence-electron chi connectivity index (χ3n) is 4.74. The number of carbonyl (C=O) groups is 1. The monoisotopic (exact) mass is 443 g/mol. The van der Waals surface area contributed by atoms with E-state index in [0.717, 1.165) is 4.90 Å². The zero-order chi connectivity index (χ0) is 22.5. The maximum atomic E-state index is 12.5. The summed E-state index contributed by atoms with van der Waals surface area (Å²) in [5.41, 5.74) is 2.67. The number of aryl methyl sites for hydroxylation is 1. The second-order valence-electron chi connectivity index (χ2n) is 7.07. The van der Waals surface area contributed by atoms with E-state index in [-0.39, 0.29) is 11.5 Å². The zero-order valence-corrected chi connectivity index (χ0v) is 18.4. The van der Waals surface area contributed by atoms with Gasteiger partial charge in [0.25, 0.3) is 11.5 Å². The molecule has 0 bridgehead atoms. The van der Waals surface area contributed by atoms with Crippen LogP contribution in [-0.2, 0) is 0 Å². The first-order valence-electron chi connectivity index (χ1n) is 9.92. The third-order valence-corrected chi connectivity index (χ3v) is 5.68. The lowest BCUT2D eigenvalue weighted by molar-refractivity contribution is 0.102. The largest absolute Gasteiger partial charge is 0.497 e. The number of ether oxygens (including phenoxy) is 1. The second kappa shape index (κ2) is 9.53. The number of hydrogen-bond acceptors (Lipinski definition) is 5. The van der Waals surface area contributed by atoms with Crippen molar-refractivity contribution in [3.63, 3.8) is 0 Å². The van der Waals surface area contributed by atoms with Crippen molar-refractivity contribution in [1.82, 2.24) is 9.78 Å². The summed E-state index contributed by atoms with van der Waals surface area (Å²) in [6, 6.07) is 25.2. The number of amides is 1. The molecule has 0 saturated carbocycles. The lowest BCUT2D eigenvalue weighted by Gasteiger charge is -2.09. The van der Waals surface area contributed by atoms with Crippen molar-refractivity contribution in [3.8, 4) is 11.4 Å². The number of anilines is 1. The molecule has 0 aliphatic carbocycles. The summed E-state index contributed by atoms with van der Waals surface area (Å²) in [5, 5.41) is 8.02. The van der Waals surface area contributed by atoms with Crippen LogP contribution in [0.2, 0.25) is 0 Å². The molecular formula is C25H21N3O3S. The smallest absolute Gasteiger partial charge is 0.271 e. The maximum Gasteiger partial charge on any atom is 0.271 e. The highest BCUT2D eigenvalue weighted by molar-refractivity contribution is 7.99. The van der Waals surface area contributed by atoms with Gasteiger partial charge in [-0.15, -0.1) is 0 Å². The van der Waals surface area contributed by atoms with Gasteiger partial charge in [-0.05, 0) is 73.7 Å². The molecule has 32 heavy (non-hydrogen) atoms. The van der Waals surface area contributed by atoms with Gasteiger partial charge in [0.15, 0.2) is 0 Å². The van der Waals surface area contributed by atoms with Gasteiger partial charge in [-0.25, -0.2) is 0 Å². The topological polar surface area (TPSA) is 73.2 Å². The molecule has 0 aliphatic rings. The molecule has 0 spiro atoms. The summed E-state index contributed by atoms with van der Waals surface area (Å²) in [4.78, 5) is 26.0. The molecule has 0 saturated heterocycles. The Bertz CT molecular complexity index is 1280. The second-order valence-corrected chi connectivity index (χ2v) is 8.16. The Morgan fingerprint density at radius 1 is 0.906 bits per heavy atom. The van der Waals surface area contributed by atoms with E-state index in [1.165, 1.54) is 28.1 Å². The van der Waals surface area contributed by atoms with Gasteiger partial charge >= 0.3 is 0 Å². The number of benzene rings is 3. The summed E-state index contributed by atoms with van der Waals surface area (Å²) in [5.74, 6) is 0.471. The van der Waals surface area contributed by atoms with Crippen molar-refractivity contribution >= 4 is 23.4 Å². The first-order chi connectivity index (χ1) is 15.5. The first-order valence-corrected chi connectivity index (χ1v) is 10.7. The third kappa shape index (κ3) is 5.07. The highest BCUT2D eigenvalue weighted by Gasteiger charge is 2.09. The molecule has 1 heterocycles. The lowest BCUT2D eigenvalue weighted by Crippen LogP contribution is -2.20. The van der Waals surface area contributed by atoms with E-state index in [4.69, 9.17) is 4.74 Å². The number of hydrogen-bond donors (Lipinski definition) is 1. The normalized spacial score (nSPS) is 10.6. The van der Waals surface area contributed by atoms with Gasteiger partial charge in [-0.3, -0.25) is 9.59 Å². The molecule has 0 unspecified atom stereocenters. The average Bonchev–Trinajstić information content (AvgIpc) is 2.82. The van der Waals surface area contributed by atoms with Gasteiger partial charge in [0.1, 0.15) is 10.8 Å². The van der Waals surface area contributed by atoms with Crippen LogP contribution in [0.25, 0.3) is 5.69 Å². The van der Waals surface area contributed by atoms with E-state index in [2.05, 4.69) is 10.4 Å². The average molecular weight is 444 g/mol. The standard InChI is InChI=1S/C25H21N3O3S/c1-17-3-13-22(14-4-17)32-23-15-16-24(29)28(27-23)20-9-5-18(6-10-20)25(30)26-19-7-11-21(31-2)12-8-19/h3-16H,1-2H3,(H,26,30). The van der Waals surface area contributed by atoms with Gasteiger partial charge in [0.05, 0.1) is 12.8 Å². The molecule has 4 aromatic rings. The van der Waals surface area contributed by atoms with E-state index in [0.29, 0.717) is 27.7 Å². The summed E-state index contributed by atoms with van der Waals surface area (Å²) in [6.45, 7) is 2.04. The fourth-order valence-electron chi connectivity index (χ4n) is 2.99. The molecule has 0 radical (unpaired) electrons. The minimum Gasteiger partial charge on any atom is -0.497 e. The van der Waals surface area contributed by atoms with Crippen LogP contribution in [0.15, 0.2) is 99.6 Å². The molecular weight excluding hydrogens is 422 g/mol. The van der Waals surface area contributed by atoms with Crippen LogP contribution in [0.4, 0.5) is 5.69 Å². The van der Waals surface area contributed by atoms with Crippen LogP contribution in [0.3, 0.4) is 0 Å². The van der Waals surface area contributed by atoms with Crippen molar-refractivity contribution < 1.29 is 9.53 Å². The van der Waals surface area contributed by atoms with Gasteiger partial charge < -0.3 is 10.1 Å². The summed E-state index contributed by atoms with van der Waals surface area (Å²) >= 11 is 1.48. The van der Waals surface area contributed by atoms with E-state index >= 15 is 0 Å². The first kappa shape index (κ1) is 21.4. The molecule has 1 N–H and O–H groups in total. The highest BCUT2D eigenvalue weighted by atomic mass is 32.2. The predicted octanol–water partition coefficient (Wildman–Crippen LogP) is 4.95. The van der Waals surface area contributed by atoms with Crippen molar-refractivity contribution in [2.45, 2.75) is 16.8 Å². The minimum atomic E-state index is -0.245. The lowest BCUT2D eigenvalue weighted by atomic mass is 10.2. The van der Waals surface area contributed by atoms with Crippen LogP contribution >= 0.6 is 11.8 Å². The van der Waals surface area contributed by atoms with Crippen molar-refractivity contribution in [2.75, 3.05) is 12.4 Å². The Hall–Kier alpha value is -3.84.